The molecule has 104 heavy (non-hydrogen) atoms. The number of carbonyl (C=O) groups excluding carboxylic acids is 13. The lowest BCUT2D eigenvalue weighted by Gasteiger charge is -2.30. The van der Waals surface area contributed by atoms with Crippen LogP contribution in [0, 0.1) is 5.92 Å². The van der Waals surface area contributed by atoms with Crippen LogP contribution in [0.2, 0.25) is 0 Å². The van der Waals surface area contributed by atoms with Crippen molar-refractivity contribution in [2.24, 2.45) is 17.4 Å². The SMILES string of the molecule is CC(C)[C@H](NC(=O)[C@@H](NC(=O)[C@H](CC(=O)O)NC(=O)[C@H](CCC(=O)O)NC(=O)[C@@H]1CCCN1C(=O)[C@@H](N)CCC(=O)O)[C@@H](C)O)C(=O)N[C@H](C(=O)N[C@@H](Cc1ccc(O)cc1)C(=O)N[C@@H](Cc1ccc(O)cc1)C(=O)N[C@@H](CS)C(=O)N[C@@H](C)C(=O)N[C@@H](C)C(=O)N[C@@H](CCC(N)=O)C(=O)O)[C@@H](C)O. The summed E-state index contributed by atoms with van der Waals surface area (Å²) in [4.78, 5) is 225. The van der Waals surface area contributed by atoms with E-state index in [0.717, 1.165) is 18.7 Å². The second-order valence-electron chi connectivity index (χ2n) is 25.0. The summed E-state index contributed by atoms with van der Waals surface area (Å²) in [6.45, 7) is 7.26. The highest BCUT2D eigenvalue weighted by Crippen LogP contribution is 2.21. The van der Waals surface area contributed by atoms with Crippen LogP contribution >= 0.6 is 12.6 Å². The second-order valence-corrected chi connectivity index (χ2v) is 25.4. The maximum absolute atomic E-state index is 14.7. The number of phenolic OH excluding ortho intramolecular Hbond substituents is 2. The van der Waals surface area contributed by atoms with E-state index in [0.29, 0.717) is 5.56 Å². The third-order valence-electron chi connectivity index (χ3n) is 16.1. The Morgan fingerprint density at radius 2 is 0.846 bits per heavy atom. The Balaban J connectivity index is 1.89. The highest BCUT2D eigenvalue weighted by atomic mass is 32.1. The number of hydrogen-bond donors (Lipinski definition) is 22. The standard InChI is InChI=1S/C64H92N14O25S/c1-28(2)49(75-62(100)51(32(6)80)76-57(95)42(26-48(88)89)72-54(92)38(19-22-47(86)87)69-59(97)44-8-7-23-78(44)63(101)37(65)17-21-46(84)85)60(98)77-50(31(5)79)61(99)73-41(25-34-11-15-36(82)16-12-34)55(93)71-40(24-33-9-13-35(81)14-10-33)56(94)74-43(27-104)58(96)68-29(3)52(90)67-30(4)53(91)70-39(64(102)103)18-20-45(66)83/h9-16,28-32,37-44,49-51,79-82,104H,7-8,17-27,65H2,1-6H3,(H2,66,83)(H,67,90)(H,68,96)(H,69,97)(H,70,91)(H,71,93)(H,72,92)(H,73,99)(H,74,94)(H,75,100)(H,76,95)(H,77,98)(H,84,85)(H,86,87)(H,88,89)(H,102,103)/t29-,30-,31+,32+,37-,38-,39-,40-,41-,42-,43-,44-,49-,50-,51-/m0/s1. The minimum absolute atomic E-state index is 0.000289. The van der Waals surface area contributed by atoms with Gasteiger partial charge in [-0.3, -0.25) is 76.7 Å². The summed E-state index contributed by atoms with van der Waals surface area (Å²) < 4.78 is 0. The lowest BCUT2D eigenvalue weighted by Crippen LogP contribution is -2.64. The fourth-order valence-corrected chi connectivity index (χ4v) is 10.5. The zero-order valence-corrected chi connectivity index (χ0v) is 58.5. The molecule has 0 aromatic heterocycles. The lowest BCUT2D eigenvalue weighted by molar-refractivity contribution is -0.143. The number of aliphatic carboxylic acids is 4. The van der Waals surface area contributed by atoms with Gasteiger partial charge >= 0.3 is 23.9 Å². The van der Waals surface area contributed by atoms with E-state index < -0.39 is 235 Å². The number of primary amides is 1. The lowest BCUT2D eigenvalue weighted by atomic mass is 10.00. The van der Waals surface area contributed by atoms with E-state index in [1.54, 1.807) is 0 Å². The van der Waals surface area contributed by atoms with Gasteiger partial charge in [-0.25, -0.2) is 4.79 Å². The number of carbonyl (C=O) groups is 17. The highest BCUT2D eigenvalue weighted by molar-refractivity contribution is 7.80. The molecule has 0 spiro atoms. The Bertz CT molecular complexity index is 3440. The normalized spacial score (nSPS) is 16.6. The molecule has 1 heterocycles. The van der Waals surface area contributed by atoms with Gasteiger partial charge in [0.1, 0.15) is 84.0 Å². The first-order valence-corrected chi connectivity index (χ1v) is 33.4. The Morgan fingerprint density at radius 3 is 1.31 bits per heavy atom. The van der Waals surface area contributed by atoms with Crippen molar-refractivity contribution in [1.29, 1.82) is 0 Å². The zero-order valence-electron chi connectivity index (χ0n) is 57.6. The number of nitrogens with two attached hydrogens (primary N) is 2. The first-order chi connectivity index (χ1) is 48.6. The van der Waals surface area contributed by atoms with Crippen LogP contribution in [0.5, 0.6) is 11.5 Å². The number of carboxylic acids is 4. The summed E-state index contributed by atoms with van der Waals surface area (Å²) in [6.07, 6.45) is -8.36. The van der Waals surface area contributed by atoms with Gasteiger partial charge in [0, 0.05) is 44.4 Å². The van der Waals surface area contributed by atoms with Crippen LogP contribution in [0.1, 0.15) is 110 Å². The Hall–Kier alpha value is -10.7. The van der Waals surface area contributed by atoms with Crippen LogP contribution in [0.3, 0.4) is 0 Å². The molecule has 23 N–H and O–H groups in total. The van der Waals surface area contributed by atoms with E-state index in [1.807, 2.05) is 0 Å². The van der Waals surface area contributed by atoms with E-state index in [2.05, 4.69) is 71.1 Å². The molecule has 1 saturated heterocycles. The van der Waals surface area contributed by atoms with Crippen LogP contribution in [0.4, 0.5) is 0 Å². The van der Waals surface area contributed by atoms with Gasteiger partial charge in [-0.05, 0) is 101 Å². The number of benzene rings is 2. The van der Waals surface area contributed by atoms with Crippen molar-refractivity contribution >= 4 is 113 Å². The summed E-state index contributed by atoms with van der Waals surface area (Å²) >= 11 is 4.19. The number of thiol groups is 1. The summed E-state index contributed by atoms with van der Waals surface area (Å²) in [5.74, 6) is -22.0. The molecule has 2 aromatic carbocycles. The van der Waals surface area contributed by atoms with Crippen molar-refractivity contribution in [2.45, 2.75) is 203 Å². The number of amides is 13. The van der Waals surface area contributed by atoms with Gasteiger partial charge in [0.15, 0.2) is 0 Å². The number of aliphatic hydroxyl groups excluding tert-OH is 2. The van der Waals surface area contributed by atoms with Gasteiger partial charge in [-0.15, -0.1) is 0 Å². The molecule has 574 valence electrons. The molecule has 13 amide bonds. The molecule has 0 radical (unpaired) electrons. The first kappa shape index (κ1) is 87.5. The third-order valence-corrected chi connectivity index (χ3v) is 16.5. The monoisotopic (exact) mass is 1490 g/mol. The van der Waals surface area contributed by atoms with Gasteiger partial charge < -0.3 is 116 Å². The van der Waals surface area contributed by atoms with Gasteiger partial charge in [0.2, 0.25) is 76.8 Å². The minimum atomic E-state index is -2.14. The molecule has 39 nitrogen and oxygen atoms in total. The average Bonchev–Trinajstić information content (AvgIpc) is 1.65. The Labute approximate surface area is 600 Å². The van der Waals surface area contributed by atoms with Gasteiger partial charge in [-0.2, -0.15) is 12.6 Å². The van der Waals surface area contributed by atoms with Crippen molar-refractivity contribution in [3.05, 3.63) is 59.7 Å². The van der Waals surface area contributed by atoms with E-state index in [4.69, 9.17) is 16.6 Å². The fourth-order valence-electron chi connectivity index (χ4n) is 10.2. The molecule has 0 aliphatic carbocycles. The zero-order chi connectivity index (χ0) is 78.6. The number of aliphatic hydroxyl groups is 2. The van der Waals surface area contributed by atoms with Crippen LogP contribution in [0.25, 0.3) is 0 Å². The molecule has 0 bridgehead atoms. The Kier molecular flexibility index (Phi) is 35.3. The molecule has 1 fully saturated rings. The molecule has 2 aromatic rings. The number of nitrogens with one attached hydrogen (secondary N) is 11. The average molecular weight is 1490 g/mol. The third kappa shape index (κ3) is 28.9. The van der Waals surface area contributed by atoms with Crippen LogP contribution < -0.4 is 70.0 Å². The van der Waals surface area contributed by atoms with Crippen LogP contribution in [-0.2, 0) is 94.3 Å². The van der Waals surface area contributed by atoms with E-state index in [1.165, 1.54) is 76.2 Å². The molecule has 0 saturated carbocycles. The molecular formula is C64H92N14O25S. The van der Waals surface area contributed by atoms with E-state index >= 15 is 0 Å². The van der Waals surface area contributed by atoms with Crippen molar-refractivity contribution in [3.63, 3.8) is 0 Å². The molecule has 0 unspecified atom stereocenters. The van der Waals surface area contributed by atoms with Crippen LogP contribution in [0.15, 0.2) is 48.5 Å². The minimum Gasteiger partial charge on any atom is -0.508 e. The summed E-state index contributed by atoms with van der Waals surface area (Å²) in [5, 5.41) is 105. The van der Waals surface area contributed by atoms with Crippen molar-refractivity contribution in [1.82, 2.24) is 63.4 Å². The number of phenols is 2. The van der Waals surface area contributed by atoms with Gasteiger partial charge in [0.05, 0.1) is 24.7 Å². The number of nitrogens with zero attached hydrogens (tertiary/aromatic N) is 1. The molecule has 1 aliphatic heterocycles. The Morgan fingerprint density at radius 1 is 0.462 bits per heavy atom. The number of carboxylic acid groups (broad SMARTS) is 4. The van der Waals surface area contributed by atoms with Crippen LogP contribution in [-0.4, -0.2) is 249 Å². The first-order valence-electron chi connectivity index (χ1n) is 32.7. The van der Waals surface area contributed by atoms with Crippen molar-refractivity contribution in [2.75, 3.05) is 12.3 Å². The van der Waals surface area contributed by atoms with Gasteiger partial charge in [0.25, 0.3) is 0 Å². The maximum atomic E-state index is 14.7. The quantitative estimate of drug-likeness (QED) is 0.0275. The molecule has 1 aliphatic rings. The molecule has 40 heteroatoms. The molecule has 3 rings (SSSR count). The number of rotatable bonds is 43. The summed E-state index contributed by atoms with van der Waals surface area (Å²) in [7, 11) is 0. The summed E-state index contributed by atoms with van der Waals surface area (Å²) in [5.41, 5.74) is 11.6. The summed E-state index contributed by atoms with van der Waals surface area (Å²) in [6, 6.07) is -11.2. The predicted octanol–water partition coefficient (Wildman–Crippen LogP) is -6.52. The predicted molar refractivity (Wildman–Crippen MR) is 363 cm³/mol. The topological polar surface area (TPSA) is 640 Å². The number of aromatic hydroxyl groups is 2. The molecular weight excluding hydrogens is 1400 g/mol. The number of hydrogen-bond acceptors (Lipinski definition) is 23. The van der Waals surface area contributed by atoms with Crippen molar-refractivity contribution < 1.29 is 122 Å². The highest BCUT2D eigenvalue weighted by Gasteiger charge is 2.41. The number of likely N-dealkylation sites (tertiary alicyclic amines) is 1. The van der Waals surface area contributed by atoms with E-state index in [-0.39, 0.29) is 62.1 Å². The molecule has 15 atom stereocenters. The second kappa shape index (κ2) is 42.0. The fraction of sp³-hybridized carbons (Fsp3) is 0.547. The maximum Gasteiger partial charge on any atom is 0.326 e. The smallest absolute Gasteiger partial charge is 0.326 e. The van der Waals surface area contributed by atoms with Gasteiger partial charge in [-0.1, -0.05) is 38.1 Å². The van der Waals surface area contributed by atoms with Crippen molar-refractivity contribution in [3.8, 4) is 11.5 Å². The largest absolute Gasteiger partial charge is 0.508 e. The van der Waals surface area contributed by atoms with E-state index in [9.17, 15) is 117 Å².